The third-order valence-corrected chi connectivity index (χ3v) is 4.14. The van der Waals surface area contributed by atoms with Crippen molar-refractivity contribution >= 4 is 0 Å². The lowest BCUT2D eigenvalue weighted by molar-refractivity contribution is 0.231. The number of aromatic nitrogens is 1. The summed E-state index contributed by atoms with van der Waals surface area (Å²) in [6.07, 6.45) is 3.14. The molecule has 1 aromatic heterocycles. The van der Waals surface area contributed by atoms with E-state index in [1.54, 1.807) is 0 Å². The van der Waals surface area contributed by atoms with E-state index in [-0.39, 0.29) is 0 Å². The average molecular weight is 276 g/mol. The average Bonchev–Trinajstić information content (AvgIpc) is 2.67. The Labute approximate surface area is 123 Å². The molecule has 1 aliphatic rings. The molecule has 0 aliphatic carbocycles. The molecule has 0 spiro atoms. The van der Waals surface area contributed by atoms with Gasteiger partial charge in [0.2, 0.25) is 0 Å². The molecule has 1 atom stereocenters. The topological polar surface area (TPSA) is 45.4 Å². The van der Waals surface area contributed by atoms with Crippen LogP contribution in [0, 0.1) is 12.8 Å². The highest BCUT2D eigenvalue weighted by Gasteiger charge is 2.17. The van der Waals surface area contributed by atoms with Gasteiger partial charge in [0.15, 0.2) is 0 Å². The van der Waals surface area contributed by atoms with Gasteiger partial charge in [-0.25, -0.2) is 0 Å². The normalized spacial score (nSPS) is 19.8. The Kier molecular flexibility index (Phi) is 5.95. The van der Waals surface area contributed by atoms with Crippen molar-refractivity contribution in [2.75, 3.05) is 39.3 Å². The Morgan fingerprint density at radius 3 is 2.75 bits per heavy atom. The van der Waals surface area contributed by atoms with Crippen LogP contribution in [0.3, 0.4) is 0 Å². The van der Waals surface area contributed by atoms with Crippen LogP contribution in [-0.4, -0.2) is 54.1 Å². The van der Waals surface area contributed by atoms with Crippen LogP contribution in [-0.2, 0) is 6.54 Å². The molecule has 1 fully saturated rings. The lowest BCUT2D eigenvalue weighted by Gasteiger charge is -2.24. The molecule has 0 bridgehead atoms. The predicted molar refractivity (Wildman–Crippen MR) is 83.5 cm³/mol. The molecule has 1 saturated heterocycles. The van der Waals surface area contributed by atoms with Gasteiger partial charge in [-0.05, 0) is 50.5 Å². The highest BCUT2D eigenvalue weighted by molar-refractivity contribution is 5.17. The third-order valence-electron chi connectivity index (χ3n) is 4.14. The van der Waals surface area contributed by atoms with Gasteiger partial charge in [0.25, 0.3) is 0 Å². The van der Waals surface area contributed by atoms with E-state index in [2.05, 4.69) is 34.7 Å². The highest BCUT2D eigenvalue weighted by Crippen LogP contribution is 2.11. The fourth-order valence-corrected chi connectivity index (χ4v) is 2.78. The standard InChI is InChI=1S/C16H28N4/c1-14(11-17)12-19-7-4-8-20(10-9-19)13-16-15(2)5-3-6-18-16/h3,5-6,14H,4,7-13,17H2,1-2H3. The first kappa shape index (κ1) is 15.4. The van der Waals surface area contributed by atoms with Crippen molar-refractivity contribution < 1.29 is 0 Å². The van der Waals surface area contributed by atoms with Crippen molar-refractivity contribution in [2.24, 2.45) is 11.7 Å². The number of aryl methyl sites for hydroxylation is 1. The molecule has 20 heavy (non-hydrogen) atoms. The van der Waals surface area contributed by atoms with Crippen molar-refractivity contribution in [2.45, 2.75) is 26.8 Å². The Morgan fingerprint density at radius 2 is 2.00 bits per heavy atom. The van der Waals surface area contributed by atoms with Gasteiger partial charge < -0.3 is 10.6 Å². The summed E-state index contributed by atoms with van der Waals surface area (Å²) in [6, 6.07) is 4.16. The summed E-state index contributed by atoms with van der Waals surface area (Å²) >= 11 is 0. The summed E-state index contributed by atoms with van der Waals surface area (Å²) in [6.45, 7) is 11.9. The zero-order valence-electron chi connectivity index (χ0n) is 12.9. The summed E-state index contributed by atoms with van der Waals surface area (Å²) in [5.74, 6) is 0.597. The molecule has 1 aliphatic heterocycles. The lowest BCUT2D eigenvalue weighted by atomic mass is 10.1. The van der Waals surface area contributed by atoms with Crippen LogP contribution < -0.4 is 5.73 Å². The van der Waals surface area contributed by atoms with Gasteiger partial charge in [0.1, 0.15) is 0 Å². The number of hydrogen-bond acceptors (Lipinski definition) is 4. The van der Waals surface area contributed by atoms with Crippen molar-refractivity contribution in [3.63, 3.8) is 0 Å². The monoisotopic (exact) mass is 276 g/mol. The Bertz CT molecular complexity index is 407. The zero-order valence-corrected chi connectivity index (χ0v) is 12.9. The molecule has 0 saturated carbocycles. The van der Waals surface area contributed by atoms with Gasteiger partial charge >= 0.3 is 0 Å². The summed E-state index contributed by atoms with van der Waals surface area (Å²) < 4.78 is 0. The number of nitrogens with zero attached hydrogens (tertiary/aromatic N) is 3. The van der Waals surface area contributed by atoms with Crippen LogP contribution >= 0.6 is 0 Å². The summed E-state index contributed by atoms with van der Waals surface area (Å²) in [4.78, 5) is 9.60. The summed E-state index contributed by atoms with van der Waals surface area (Å²) in [5.41, 5.74) is 8.24. The van der Waals surface area contributed by atoms with Crippen molar-refractivity contribution in [3.8, 4) is 0 Å². The minimum absolute atomic E-state index is 0.597. The van der Waals surface area contributed by atoms with E-state index in [0.29, 0.717) is 5.92 Å². The number of rotatable bonds is 5. The predicted octanol–water partition coefficient (Wildman–Crippen LogP) is 1.49. The second-order valence-electron chi connectivity index (χ2n) is 6.04. The first-order valence-corrected chi connectivity index (χ1v) is 7.74. The van der Waals surface area contributed by atoms with Gasteiger partial charge in [-0.15, -0.1) is 0 Å². The van der Waals surface area contributed by atoms with Crippen LogP contribution in [0.4, 0.5) is 0 Å². The van der Waals surface area contributed by atoms with E-state index in [1.807, 2.05) is 12.3 Å². The van der Waals surface area contributed by atoms with E-state index in [9.17, 15) is 0 Å². The summed E-state index contributed by atoms with van der Waals surface area (Å²) in [5, 5.41) is 0. The summed E-state index contributed by atoms with van der Waals surface area (Å²) in [7, 11) is 0. The fraction of sp³-hybridized carbons (Fsp3) is 0.688. The second kappa shape index (κ2) is 7.72. The van der Waals surface area contributed by atoms with Gasteiger partial charge in [0.05, 0.1) is 5.69 Å². The highest BCUT2D eigenvalue weighted by atomic mass is 15.2. The van der Waals surface area contributed by atoms with Gasteiger partial charge in [-0.1, -0.05) is 13.0 Å². The van der Waals surface area contributed by atoms with Gasteiger partial charge in [-0.2, -0.15) is 0 Å². The Morgan fingerprint density at radius 1 is 1.25 bits per heavy atom. The number of nitrogens with two attached hydrogens (primary N) is 1. The van der Waals surface area contributed by atoms with Crippen molar-refractivity contribution in [3.05, 3.63) is 29.6 Å². The lowest BCUT2D eigenvalue weighted by Crippen LogP contribution is -2.35. The van der Waals surface area contributed by atoms with E-state index in [4.69, 9.17) is 5.73 Å². The molecule has 0 aromatic carbocycles. The zero-order chi connectivity index (χ0) is 14.4. The van der Waals surface area contributed by atoms with Crippen LogP contribution in [0.25, 0.3) is 0 Å². The number of hydrogen-bond donors (Lipinski definition) is 1. The first-order chi connectivity index (χ1) is 9.69. The molecule has 2 heterocycles. The quantitative estimate of drug-likeness (QED) is 0.885. The molecule has 112 valence electrons. The molecule has 4 heteroatoms. The van der Waals surface area contributed by atoms with Crippen molar-refractivity contribution in [1.82, 2.24) is 14.8 Å². The Hall–Kier alpha value is -0.970. The molecular weight excluding hydrogens is 248 g/mol. The third kappa shape index (κ3) is 4.54. The first-order valence-electron chi connectivity index (χ1n) is 7.74. The smallest absolute Gasteiger partial charge is 0.0573 e. The Balaban J connectivity index is 1.85. The molecule has 1 unspecified atom stereocenters. The van der Waals surface area contributed by atoms with Crippen LogP contribution in [0.15, 0.2) is 18.3 Å². The molecule has 0 amide bonds. The second-order valence-corrected chi connectivity index (χ2v) is 6.04. The van der Waals surface area contributed by atoms with Crippen molar-refractivity contribution in [1.29, 1.82) is 0 Å². The maximum atomic E-state index is 5.73. The SMILES string of the molecule is Cc1cccnc1CN1CCCN(CC(C)CN)CC1. The molecule has 4 nitrogen and oxygen atoms in total. The molecule has 2 rings (SSSR count). The van der Waals surface area contributed by atoms with Crippen LogP contribution in [0.5, 0.6) is 0 Å². The molecule has 1 aromatic rings. The number of pyridine rings is 1. The molecular formula is C16H28N4. The molecule has 0 radical (unpaired) electrons. The van der Waals surface area contributed by atoms with E-state index >= 15 is 0 Å². The minimum Gasteiger partial charge on any atom is -0.330 e. The largest absolute Gasteiger partial charge is 0.330 e. The minimum atomic E-state index is 0.597. The fourth-order valence-electron chi connectivity index (χ4n) is 2.78. The maximum absolute atomic E-state index is 5.73. The van der Waals surface area contributed by atoms with Gasteiger partial charge in [0, 0.05) is 32.4 Å². The molecule has 2 N–H and O–H groups in total. The van der Waals surface area contributed by atoms with Crippen LogP contribution in [0.1, 0.15) is 24.6 Å². The van der Waals surface area contributed by atoms with Crippen LogP contribution in [0.2, 0.25) is 0 Å². The van der Waals surface area contributed by atoms with E-state index in [0.717, 1.165) is 32.7 Å². The van der Waals surface area contributed by atoms with Gasteiger partial charge in [-0.3, -0.25) is 9.88 Å². The maximum Gasteiger partial charge on any atom is 0.0573 e. The van der Waals surface area contributed by atoms with E-state index in [1.165, 1.54) is 30.8 Å². The van der Waals surface area contributed by atoms with E-state index < -0.39 is 0 Å².